The number of rotatable bonds is 7. The van der Waals surface area contributed by atoms with Gasteiger partial charge in [0.1, 0.15) is 11.5 Å². The van der Waals surface area contributed by atoms with E-state index in [1.165, 1.54) is 55.4 Å². The standard InChI is InChI=1S/C25H33NO3/c1-3-4-5-6-9-17(2)29-19-12-13-20-21-10-7-8-11-23(21)26-16-18(27)14-24(28)25(26)22(20)15-19/h12-15,17,23,28H,3-11,16H2,1-2H3/t17-,23-/m0/s1. The van der Waals surface area contributed by atoms with E-state index in [9.17, 15) is 9.90 Å². The smallest absolute Gasteiger partial charge is 0.178 e. The molecule has 4 nitrogen and oxygen atoms in total. The van der Waals surface area contributed by atoms with Gasteiger partial charge in [0.05, 0.1) is 24.4 Å². The van der Waals surface area contributed by atoms with Crippen molar-refractivity contribution in [3.05, 3.63) is 40.5 Å². The average Bonchev–Trinajstić information content (AvgIpc) is 2.71. The molecule has 29 heavy (non-hydrogen) atoms. The molecule has 2 heterocycles. The average molecular weight is 396 g/mol. The summed E-state index contributed by atoms with van der Waals surface area (Å²) in [7, 11) is 0. The summed E-state index contributed by atoms with van der Waals surface area (Å²) in [6, 6.07) is 6.54. The van der Waals surface area contributed by atoms with E-state index in [1.54, 1.807) is 0 Å². The highest BCUT2D eigenvalue weighted by molar-refractivity contribution is 5.97. The Hall–Kier alpha value is -2.23. The van der Waals surface area contributed by atoms with E-state index in [0.717, 1.165) is 35.9 Å². The first-order valence-electron chi connectivity index (χ1n) is 11.3. The number of aliphatic hydroxyl groups excluding tert-OH is 1. The van der Waals surface area contributed by atoms with Gasteiger partial charge in [-0.3, -0.25) is 4.79 Å². The van der Waals surface area contributed by atoms with Gasteiger partial charge < -0.3 is 14.7 Å². The zero-order valence-corrected chi connectivity index (χ0v) is 17.7. The zero-order chi connectivity index (χ0) is 20.4. The summed E-state index contributed by atoms with van der Waals surface area (Å²) in [4.78, 5) is 14.3. The third kappa shape index (κ3) is 4.08. The molecular weight excluding hydrogens is 362 g/mol. The van der Waals surface area contributed by atoms with E-state index < -0.39 is 0 Å². The molecule has 4 heteroatoms. The van der Waals surface area contributed by atoms with Gasteiger partial charge in [0.25, 0.3) is 0 Å². The Morgan fingerprint density at radius 3 is 2.90 bits per heavy atom. The van der Waals surface area contributed by atoms with Crippen LogP contribution in [0.1, 0.15) is 71.6 Å². The molecule has 1 saturated carbocycles. The van der Waals surface area contributed by atoms with Crippen LogP contribution in [0.4, 0.5) is 0 Å². The van der Waals surface area contributed by atoms with Crippen LogP contribution in [0.3, 0.4) is 0 Å². The Balaban J connectivity index is 1.69. The number of fused-ring (bicyclic) bond motifs is 4. The first-order chi connectivity index (χ1) is 14.1. The van der Waals surface area contributed by atoms with E-state index in [4.69, 9.17) is 4.74 Å². The summed E-state index contributed by atoms with van der Waals surface area (Å²) >= 11 is 0. The van der Waals surface area contributed by atoms with Gasteiger partial charge in [-0.1, -0.05) is 38.7 Å². The van der Waals surface area contributed by atoms with Crippen molar-refractivity contribution in [3.63, 3.8) is 0 Å². The maximum Gasteiger partial charge on any atom is 0.178 e. The topological polar surface area (TPSA) is 49.8 Å². The summed E-state index contributed by atoms with van der Waals surface area (Å²) in [6.45, 7) is 4.71. The minimum absolute atomic E-state index is 0.0206. The number of aliphatic hydroxyl groups is 1. The number of nitrogens with zero attached hydrogens (tertiary/aromatic N) is 1. The molecule has 0 spiro atoms. The van der Waals surface area contributed by atoms with Crippen LogP contribution in [0.15, 0.2) is 30.0 Å². The summed E-state index contributed by atoms with van der Waals surface area (Å²) in [5.41, 5.74) is 2.22. The third-order valence-electron chi connectivity index (χ3n) is 6.50. The molecule has 2 atom stereocenters. The molecule has 0 radical (unpaired) electrons. The van der Waals surface area contributed by atoms with Crippen molar-refractivity contribution < 1.29 is 14.6 Å². The van der Waals surface area contributed by atoms with Crippen LogP contribution in [0.5, 0.6) is 5.75 Å². The van der Waals surface area contributed by atoms with Gasteiger partial charge in [-0.15, -0.1) is 0 Å². The molecule has 1 aromatic rings. The molecule has 1 fully saturated rings. The molecule has 1 aromatic carbocycles. The minimum Gasteiger partial charge on any atom is -0.506 e. The Labute approximate surface area is 173 Å². The van der Waals surface area contributed by atoms with E-state index >= 15 is 0 Å². The number of ketones is 1. The van der Waals surface area contributed by atoms with E-state index in [0.29, 0.717) is 6.54 Å². The molecule has 0 unspecified atom stereocenters. The van der Waals surface area contributed by atoms with Crippen molar-refractivity contribution in [3.8, 4) is 5.75 Å². The maximum atomic E-state index is 12.1. The van der Waals surface area contributed by atoms with Crippen molar-refractivity contribution >= 4 is 17.1 Å². The van der Waals surface area contributed by atoms with Crippen LogP contribution in [0.25, 0.3) is 11.3 Å². The zero-order valence-electron chi connectivity index (χ0n) is 17.7. The van der Waals surface area contributed by atoms with Crippen LogP contribution < -0.4 is 15.2 Å². The van der Waals surface area contributed by atoms with Crippen molar-refractivity contribution in [2.45, 2.75) is 83.8 Å². The molecule has 3 aliphatic rings. The Kier molecular flexibility index (Phi) is 5.98. The number of carbonyl (C=O) groups excluding carboxylic acids is 1. The molecular formula is C25H33NO3. The van der Waals surface area contributed by atoms with Crippen LogP contribution in [0.2, 0.25) is 0 Å². The Bertz CT molecular complexity index is 930. The lowest BCUT2D eigenvalue weighted by atomic mass is 9.83. The molecule has 0 saturated heterocycles. The molecule has 1 N–H and O–H groups in total. The largest absolute Gasteiger partial charge is 0.506 e. The lowest BCUT2D eigenvalue weighted by Crippen LogP contribution is -2.52. The van der Waals surface area contributed by atoms with Crippen molar-refractivity contribution in [1.29, 1.82) is 0 Å². The molecule has 1 aliphatic carbocycles. The van der Waals surface area contributed by atoms with Gasteiger partial charge >= 0.3 is 0 Å². The molecule has 2 aliphatic heterocycles. The number of unbranched alkanes of at least 4 members (excludes halogenated alkanes) is 3. The predicted octanol–water partition coefficient (Wildman–Crippen LogP) is 3.97. The summed E-state index contributed by atoms with van der Waals surface area (Å²) in [5.74, 6) is 0.920. The SMILES string of the molecule is CCCCCC[C@H](C)Oc1ccc2c(c1)=C1C(O)=CC(=O)CN1[C@H]1CCCCC=21. The van der Waals surface area contributed by atoms with Crippen molar-refractivity contribution in [2.75, 3.05) is 6.54 Å². The second-order valence-electron chi connectivity index (χ2n) is 8.74. The highest BCUT2D eigenvalue weighted by atomic mass is 16.5. The van der Waals surface area contributed by atoms with E-state index in [2.05, 4.69) is 36.9 Å². The molecule has 0 amide bonds. The fourth-order valence-corrected chi connectivity index (χ4v) is 5.09. The van der Waals surface area contributed by atoms with Crippen LogP contribution in [-0.2, 0) is 4.79 Å². The van der Waals surface area contributed by atoms with Crippen LogP contribution in [0, 0.1) is 0 Å². The quantitative estimate of drug-likeness (QED) is 0.710. The van der Waals surface area contributed by atoms with Gasteiger partial charge in [-0.25, -0.2) is 0 Å². The van der Waals surface area contributed by atoms with Gasteiger partial charge in [-0.2, -0.15) is 0 Å². The van der Waals surface area contributed by atoms with Gasteiger partial charge in [0.15, 0.2) is 5.78 Å². The monoisotopic (exact) mass is 395 g/mol. The fraction of sp³-hybridized carbons (Fsp3) is 0.560. The molecule has 156 valence electrons. The van der Waals surface area contributed by atoms with Crippen LogP contribution in [-0.4, -0.2) is 34.5 Å². The van der Waals surface area contributed by atoms with Gasteiger partial charge in [0.2, 0.25) is 0 Å². The van der Waals surface area contributed by atoms with E-state index in [1.807, 2.05) is 0 Å². The number of ether oxygens (including phenoxy) is 1. The van der Waals surface area contributed by atoms with Crippen molar-refractivity contribution in [2.24, 2.45) is 0 Å². The Morgan fingerprint density at radius 1 is 1.21 bits per heavy atom. The first kappa shape index (κ1) is 20.1. The number of hydrogen-bond donors (Lipinski definition) is 1. The molecule has 4 rings (SSSR count). The number of hydrogen-bond acceptors (Lipinski definition) is 4. The normalized spacial score (nSPS) is 21.9. The molecule has 0 bridgehead atoms. The van der Waals surface area contributed by atoms with Gasteiger partial charge in [0, 0.05) is 11.3 Å². The highest BCUT2D eigenvalue weighted by Crippen LogP contribution is 2.35. The first-order valence-corrected chi connectivity index (χ1v) is 11.3. The summed E-state index contributed by atoms with van der Waals surface area (Å²) in [5, 5.41) is 12.9. The second-order valence-corrected chi connectivity index (χ2v) is 8.74. The molecule has 0 aromatic heterocycles. The Morgan fingerprint density at radius 2 is 2.07 bits per heavy atom. The summed E-state index contributed by atoms with van der Waals surface area (Å²) in [6.07, 6.45) is 12.1. The summed E-state index contributed by atoms with van der Waals surface area (Å²) < 4.78 is 6.22. The van der Waals surface area contributed by atoms with Crippen molar-refractivity contribution in [1.82, 2.24) is 4.90 Å². The minimum atomic E-state index is -0.0206. The lowest BCUT2D eigenvalue weighted by Gasteiger charge is -2.42. The van der Waals surface area contributed by atoms with E-state index in [-0.39, 0.29) is 23.7 Å². The third-order valence-corrected chi connectivity index (χ3v) is 6.50. The fourth-order valence-electron chi connectivity index (χ4n) is 5.09. The predicted molar refractivity (Wildman–Crippen MR) is 116 cm³/mol. The lowest BCUT2D eigenvalue weighted by molar-refractivity contribution is -0.115. The second kappa shape index (κ2) is 8.64. The maximum absolute atomic E-state index is 12.1. The highest BCUT2D eigenvalue weighted by Gasteiger charge is 2.35. The van der Waals surface area contributed by atoms with Crippen LogP contribution >= 0.6 is 0 Å². The number of carbonyl (C=O) groups is 1. The number of benzene rings is 1. The van der Waals surface area contributed by atoms with Gasteiger partial charge in [-0.05, 0) is 62.0 Å².